The summed E-state index contributed by atoms with van der Waals surface area (Å²) >= 11 is 0. The van der Waals surface area contributed by atoms with Crippen LogP contribution in [-0.2, 0) is 4.79 Å². The van der Waals surface area contributed by atoms with Crippen LogP contribution in [0.15, 0.2) is 22.6 Å². The zero-order valence-electron chi connectivity index (χ0n) is 10.9. The van der Waals surface area contributed by atoms with Crippen molar-refractivity contribution in [2.24, 2.45) is 0 Å². The molecule has 0 spiro atoms. The van der Waals surface area contributed by atoms with Gasteiger partial charge in [-0.15, -0.1) is 0 Å². The third kappa shape index (κ3) is 2.50. The fraction of sp³-hybridized carbons (Fsp3) is 0.250. The van der Waals surface area contributed by atoms with Crippen molar-refractivity contribution in [1.29, 1.82) is 0 Å². The number of benzene rings is 1. The Balaban J connectivity index is 0.00000147. The molecule has 3 rings (SSSR count). The maximum Gasteiger partial charge on any atom is 1.00 e. The maximum absolute atomic E-state index is 11.3. The number of aromatic carboxylic acids is 1. The molecule has 8 heteroatoms. The number of carboxylic acid groups (broad SMARTS) is 1. The second-order valence-electron chi connectivity index (χ2n) is 4.21. The molecule has 1 aliphatic heterocycles. The van der Waals surface area contributed by atoms with Crippen molar-refractivity contribution in [3.8, 4) is 0 Å². The van der Waals surface area contributed by atoms with Crippen LogP contribution in [0, 0.1) is 0 Å². The monoisotopic (exact) mass is 267 g/mol. The molecule has 1 saturated heterocycles. The summed E-state index contributed by atoms with van der Waals surface area (Å²) in [5.74, 6) is -1.42. The molecule has 0 saturated carbocycles. The molecule has 0 atom stereocenters. The quantitative estimate of drug-likeness (QED) is 0.559. The third-order valence-electron chi connectivity index (χ3n) is 2.94. The standard InChI is InChI=1S/C12H11N3O4.Li/c16-9-6-15(5-4-13-9)12-14-10-7(11(17)18)2-1-3-8(10)19-12;/h1-3H,4-6H2,(H,13,16)(H,17,18);/q;+1/p-1. The van der Waals surface area contributed by atoms with Crippen molar-refractivity contribution < 1.29 is 38.0 Å². The van der Waals surface area contributed by atoms with Crippen LogP contribution in [0.3, 0.4) is 0 Å². The summed E-state index contributed by atoms with van der Waals surface area (Å²) in [6.07, 6.45) is 0. The van der Waals surface area contributed by atoms with Crippen LogP contribution in [0.5, 0.6) is 0 Å². The number of para-hydroxylation sites is 1. The number of rotatable bonds is 2. The third-order valence-corrected chi connectivity index (χ3v) is 2.94. The van der Waals surface area contributed by atoms with Gasteiger partial charge in [-0.3, -0.25) is 4.79 Å². The molecule has 1 aromatic carbocycles. The van der Waals surface area contributed by atoms with Crippen molar-refractivity contribution in [1.82, 2.24) is 10.3 Å². The summed E-state index contributed by atoms with van der Waals surface area (Å²) in [5, 5.41) is 13.7. The molecule has 7 nitrogen and oxygen atoms in total. The Labute approximate surface area is 126 Å². The number of nitrogens with zero attached hydrogens (tertiary/aromatic N) is 2. The summed E-state index contributed by atoms with van der Waals surface area (Å²) in [4.78, 5) is 28.1. The fourth-order valence-corrected chi connectivity index (χ4v) is 2.04. The van der Waals surface area contributed by atoms with E-state index in [1.807, 2.05) is 0 Å². The largest absolute Gasteiger partial charge is 1.00 e. The van der Waals surface area contributed by atoms with Crippen molar-refractivity contribution in [2.75, 3.05) is 24.5 Å². The predicted molar refractivity (Wildman–Crippen MR) is 63.6 cm³/mol. The van der Waals surface area contributed by atoms with Gasteiger partial charge in [0.2, 0.25) is 5.91 Å². The van der Waals surface area contributed by atoms with Gasteiger partial charge >= 0.3 is 18.9 Å². The van der Waals surface area contributed by atoms with Gasteiger partial charge in [-0.1, -0.05) is 12.1 Å². The number of amides is 1. The van der Waals surface area contributed by atoms with E-state index < -0.39 is 5.97 Å². The Morgan fingerprint density at radius 1 is 1.45 bits per heavy atom. The average Bonchev–Trinajstić information content (AvgIpc) is 2.82. The molecule has 1 fully saturated rings. The van der Waals surface area contributed by atoms with Crippen LogP contribution in [0.4, 0.5) is 6.01 Å². The van der Waals surface area contributed by atoms with Gasteiger partial charge in [0.05, 0.1) is 5.97 Å². The van der Waals surface area contributed by atoms with E-state index in [1.54, 1.807) is 17.0 Å². The van der Waals surface area contributed by atoms with E-state index in [0.717, 1.165) is 0 Å². The molecule has 0 aliphatic carbocycles. The molecule has 0 bridgehead atoms. The summed E-state index contributed by atoms with van der Waals surface area (Å²) in [7, 11) is 0. The molecule has 20 heavy (non-hydrogen) atoms. The minimum absolute atomic E-state index is 0. The van der Waals surface area contributed by atoms with Crippen molar-refractivity contribution in [2.45, 2.75) is 0 Å². The zero-order chi connectivity index (χ0) is 13.4. The second kappa shape index (κ2) is 5.57. The van der Waals surface area contributed by atoms with Gasteiger partial charge in [0, 0.05) is 18.7 Å². The smallest absolute Gasteiger partial charge is 0.545 e. The topological polar surface area (TPSA) is 98.5 Å². The molecule has 98 valence electrons. The number of nitrogens with one attached hydrogen (secondary N) is 1. The predicted octanol–water partition coefficient (Wildman–Crippen LogP) is -3.87. The van der Waals surface area contributed by atoms with Crippen LogP contribution in [0.25, 0.3) is 11.1 Å². The molecule has 1 amide bonds. The summed E-state index contributed by atoms with van der Waals surface area (Å²) in [5.41, 5.74) is 0.583. The van der Waals surface area contributed by atoms with Crippen LogP contribution < -0.4 is 34.2 Å². The minimum Gasteiger partial charge on any atom is -0.545 e. The van der Waals surface area contributed by atoms with E-state index in [2.05, 4.69) is 10.3 Å². The Morgan fingerprint density at radius 2 is 2.25 bits per heavy atom. The van der Waals surface area contributed by atoms with Gasteiger partial charge in [-0.2, -0.15) is 4.98 Å². The van der Waals surface area contributed by atoms with Gasteiger partial charge in [0.15, 0.2) is 5.58 Å². The number of anilines is 1. The molecular weight excluding hydrogens is 257 g/mol. The van der Waals surface area contributed by atoms with Crippen molar-refractivity contribution in [3.05, 3.63) is 23.8 Å². The first-order chi connectivity index (χ1) is 9.15. The van der Waals surface area contributed by atoms with E-state index in [-0.39, 0.29) is 48.4 Å². The number of oxazole rings is 1. The number of carboxylic acids is 1. The van der Waals surface area contributed by atoms with E-state index in [4.69, 9.17) is 4.42 Å². The SMILES string of the molecule is O=C1CN(c2nc3c(C(=O)[O-])cccc3o2)CCN1.[Li+]. The number of fused-ring (bicyclic) bond motifs is 1. The maximum atomic E-state index is 11.3. The minimum atomic E-state index is -1.30. The fourth-order valence-electron chi connectivity index (χ4n) is 2.04. The van der Waals surface area contributed by atoms with E-state index in [9.17, 15) is 14.7 Å². The van der Waals surface area contributed by atoms with Gasteiger partial charge < -0.3 is 24.5 Å². The molecular formula is C12H10LiN3O4. The summed E-state index contributed by atoms with van der Waals surface area (Å²) in [6, 6.07) is 4.85. The first-order valence-corrected chi connectivity index (χ1v) is 5.78. The van der Waals surface area contributed by atoms with Crippen LogP contribution in [-0.4, -0.2) is 36.5 Å². The van der Waals surface area contributed by atoms with Crippen LogP contribution >= 0.6 is 0 Å². The first kappa shape index (κ1) is 14.4. The molecule has 2 aromatic rings. The van der Waals surface area contributed by atoms with Crippen LogP contribution in [0.2, 0.25) is 0 Å². The number of hydrogen-bond acceptors (Lipinski definition) is 6. The molecule has 0 unspecified atom stereocenters. The molecule has 1 aromatic heterocycles. The Bertz CT molecular complexity index is 670. The Kier molecular flexibility index (Phi) is 4.02. The number of piperazine rings is 1. The van der Waals surface area contributed by atoms with Gasteiger partial charge in [0.1, 0.15) is 12.1 Å². The van der Waals surface area contributed by atoms with Crippen molar-refractivity contribution in [3.63, 3.8) is 0 Å². The van der Waals surface area contributed by atoms with E-state index in [0.29, 0.717) is 18.7 Å². The number of hydrogen-bond donors (Lipinski definition) is 1. The van der Waals surface area contributed by atoms with Crippen LogP contribution in [0.1, 0.15) is 10.4 Å². The summed E-state index contributed by atoms with van der Waals surface area (Å²) < 4.78 is 5.49. The first-order valence-electron chi connectivity index (χ1n) is 5.78. The van der Waals surface area contributed by atoms with Gasteiger partial charge in [-0.05, 0) is 6.07 Å². The summed E-state index contributed by atoms with van der Waals surface area (Å²) in [6.45, 7) is 1.22. The Hall–Kier alpha value is -1.97. The molecule has 2 heterocycles. The van der Waals surface area contributed by atoms with E-state index in [1.165, 1.54) is 6.07 Å². The normalized spacial score (nSPS) is 14.8. The molecule has 1 aliphatic rings. The second-order valence-corrected chi connectivity index (χ2v) is 4.21. The zero-order valence-corrected chi connectivity index (χ0v) is 10.9. The number of carbonyl (C=O) groups is 2. The number of carbonyl (C=O) groups excluding carboxylic acids is 2. The average molecular weight is 267 g/mol. The Morgan fingerprint density at radius 3 is 2.95 bits per heavy atom. The van der Waals surface area contributed by atoms with Gasteiger partial charge in [-0.25, -0.2) is 0 Å². The van der Waals surface area contributed by atoms with Gasteiger partial charge in [0.25, 0.3) is 6.01 Å². The molecule has 1 N–H and O–H groups in total. The van der Waals surface area contributed by atoms with E-state index >= 15 is 0 Å². The molecule has 0 radical (unpaired) electrons. The van der Waals surface area contributed by atoms with Crippen molar-refractivity contribution >= 4 is 29.0 Å². The number of aromatic nitrogens is 1.